The Labute approximate surface area is 203 Å². The van der Waals surface area contributed by atoms with E-state index in [2.05, 4.69) is 43.3 Å². The lowest BCUT2D eigenvalue weighted by Crippen LogP contribution is -2.26. The van der Waals surface area contributed by atoms with Crippen molar-refractivity contribution in [2.75, 3.05) is 27.8 Å². The molecule has 0 saturated heterocycles. The molecule has 0 heterocycles. The summed E-state index contributed by atoms with van der Waals surface area (Å²) in [7, 11) is 3.22. The van der Waals surface area contributed by atoms with E-state index in [0.29, 0.717) is 12.8 Å². The highest BCUT2D eigenvalue weighted by Gasteiger charge is 2.23. The normalized spacial score (nSPS) is 13.6. The summed E-state index contributed by atoms with van der Waals surface area (Å²) in [6.45, 7) is 4.42. The highest BCUT2D eigenvalue weighted by atomic mass is 16.7. The molecule has 0 aromatic heterocycles. The van der Waals surface area contributed by atoms with Gasteiger partial charge in [-0.3, -0.25) is 0 Å². The van der Waals surface area contributed by atoms with E-state index in [4.69, 9.17) is 18.9 Å². The molecular formula is C29H38O5. The molecule has 1 N–H and O–H groups in total. The first-order valence-electron chi connectivity index (χ1n) is 12.1. The number of methoxy groups -OCH3 is 2. The maximum absolute atomic E-state index is 11.1. The van der Waals surface area contributed by atoms with E-state index >= 15 is 0 Å². The van der Waals surface area contributed by atoms with Crippen molar-refractivity contribution >= 4 is 21.5 Å². The van der Waals surface area contributed by atoms with Crippen LogP contribution in [0.1, 0.15) is 51.5 Å². The van der Waals surface area contributed by atoms with Crippen LogP contribution >= 0.6 is 0 Å². The quantitative estimate of drug-likeness (QED) is 0.123. The van der Waals surface area contributed by atoms with Gasteiger partial charge in [0.25, 0.3) is 0 Å². The van der Waals surface area contributed by atoms with E-state index in [9.17, 15) is 5.11 Å². The van der Waals surface area contributed by atoms with Crippen LogP contribution in [0, 0.1) is 0 Å². The fourth-order valence-electron chi connectivity index (χ4n) is 4.21. The van der Waals surface area contributed by atoms with Gasteiger partial charge in [0.05, 0.1) is 5.60 Å². The molecule has 0 unspecified atom stereocenters. The van der Waals surface area contributed by atoms with Gasteiger partial charge in [-0.05, 0) is 60.7 Å². The van der Waals surface area contributed by atoms with Crippen LogP contribution in [0.2, 0.25) is 0 Å². The molecule has 0 fully saturated rings. The fourth-order valence-corrected chi connectivity index (χ4v) is 4.21. The van der Waals surface area contributed by atoms with E-state index in [1.54, 1.807) is 14.2 Å². The Balaban J connectivity index is 1.92. The predicted octanol–water partition coefficient (Wildman–Crippen LogP) is 6.78. The Bertz CT molecular complexity index is 1090. The van der Waals surface area contributed by atoms with Crippen molar-refractivity contribution in [1.82, 2.24) is 0 Å². The van der Waals surface area contributed by atoms with Crippen molar-refractivity contribution in [3.05, 3.63) is 60.2 Å². The molecule has 3 aromatic carbocycles. The molecule has 0 saturated carbocycles. The summed E-state index contributed by atoms with van der Waals surface area (Å²) < 4.78 is 22.1. The van der Waals surface area contributed by atoms with Gasteiger partial charge in [-0.25, -0.2) is 0 Å². The number of ether oxygens (including phenoxy) is 4. The van der Waals surface area contributed by atoms with Crippen molar-refractivity contribution in [3.63, 3.8) is 0 Å². The van der Waals surface area contributed by atoms with Gasteiger partial charge < -0.3 is 24.1 Å². The molecule has 34 heavy (non-hydrogen) atoms. The van der Waals surface area contributed by atoms with Crippen molar-refractivity contribution in [2.45, 2.75) is 58.0 Å². The van der Waals surface area contributed by atoms with Gasteiger partial charge in [0.2, 0.25) is 0 Å². The lowest BCUT2D eigenvalue weighted by atomic mass is 9.90. The Morgan fingerprint density at radius 2 is 1.62 bits per heavy atom. The summed E-state index contributed by atoms with van der Waals surface area (Å²) in [5.74, 6) is 1.52. The maximum atomic E-state index is 11.1. The molecule has 5 nitrogen and oxygen atoms in total. The minimum absolute atomic E-state index is 0.139. The van der Waals surface area contributed by atoms with E-state index in [-0.39, 0.29) is 13.6 Å². The fraction of sp³-hybridized carbons (Fsp3) is 0.448. The standard InChI is InChI=1S/C29H38O5/c1-5-6-7-8-9-10-16-29(2,30)19-24-15-14-23-17-25-22(12-11-13-27(25)33-20-31-3)18-26(23)28(24)34-21-32-4/h9-15,17-18,30H,5-8,16,19-21H2,1-4H3/b10-9-/t29-/m0/s1. The van der Waals surface area contributed by atoms with Crippen molar-refractivity contribution in [1.29, 1.82) is 0 Å². The van der Waals surface area contributed by atoms with Gasteiger partial charge in [0.15, 0.2) is 13.6 Å². The lowest BCUT2D eigenvalue weighted by Gasteiger charge is -2.24. The number of benzene rings is 3. The van der Waals surface area contributed by atoms with E-state index in [0.717, 1.165) is 45.0 Å². The van der Waals surface area contributed by atoms with Gasteiger partial charge in [0, 0.05) is 31.4 Å². The molecule has 0 radical (unpaired) electrons. The van der Waals surface area contributed by atoms with Gasteiger partial charge in [-0.2, -0.15) is 0 Å². The third-order valence-corrected chi connectivity index (χ3v) is 5.93. The van der Waals surface area contributed by atoms with Crippen LogP contribution in [0.4, 0.5) is 0 Å². The monoisotopic (exact) mass is 466 g/mol. The molecular weight excluding hydrogens is 428 g/mol. The van der Waals surface area contributed by atoms with Crippen LogP contribution in [0.3, 0.4) is 0 Å². The average molecular weight is 467 g/mol. The maximum Gasteiger partial charge on any atom is 0.188 e. The molecule has 0 aliphatic rings. The van der Waals surface area contributed by atoms with E-state index in [1.165, 1.54) is 19.3 Å². The SMILES string of the molecule is CCCCC/C=C\C[C@](C)(O)Cc1ccc2cc3c(OCOC)cccc3cc2c1OCOC. The molecule has 0 bridgehead atoms. The van der Waals surface area contributed by atoms with E-state index in [1.807, 2.05) is 25.1 Å². The second-order valence-corrected chi connectivity index (χ2v) is 9.05. The number of aliphatic hydroxyl groups is 1. The second-order valence-electron chi connectivity index (χ2n) is 9.05. The number of hydrogen-bond donors (Lipinski definition) is 1. The number of allylic oxidation sites excluding steroid dienone is 1. The van der Waals surface area contributed by atoms with Crippen LogP contribution in [0.25, 0.3) is 21.5 Å². The molecule has 0 amide bonds. The summed E-state index contributed by atoms with van der Waals surface area (Å²) >= 11 is 0. The topological polar surface area (TPSA) is 57.2 Å². The third-order valence-electron chi connectivity index (χ3n) is 5.93. The first-order chi connectivity index (χ1) is 16.5. The molecule has 3 rings (SSSR count). The highest BCUT2D eigenvalue weighted by molar-refractivity contribution is 6.03. The van der Waals surface area contributed by atoms with Crippen LogP contribution in [0.5, 0.6) is 11.5 Å². The van der Waals surface area contributed by atoms with Crippen molar-refractivity contribution < 1.29 is 24.1 Å². The summed E-state index contributed by atoms with van der Waals surface area (Å²) in [6, 6.07) is 14.3. The number of unbranched alkanes of at least 4 members (excludes halogenated alkanes) is 3. The highest BCUT2D eigenvalue weighted by Crippen LogP contribution is 2.37. The minimum Gasteiger partial charge on any atom is -0.467 e. The molecule has 0 aliphatic heterocycles. The zero-order valence-corrected chi connectivity index (χ0v) is 20.9. The summed E-state index contributed by atoms with van der Waals surface area (Å²) in [5.41, 5.74) is 0.0815. The Morgan fingerprint density at radius 1 is 0.882 bits per heavy atom. The minimum atomic E-state index is -0.877. The van der Waals surface area contributed by atoms with Crippen LogP contribution < -0.4 is 9.47 Å². The smallest absolute Gasteiger partial charge is 0.188 e. The molecule has 0 spiro atoms. The molecule has 0 aliphatic carbocycles. The Morgan fingerprint density at radius 3 is 2.38 bits per heavy atom. The first-order valence-corrected chi connectivity index (χ1v) is 12.1. The van der Waals surface area contributed by atoms with Gasteiger partial charge in [0.1, 0.15) is 11.5 Å². The summed E-state index contributed by atoms with van der Waals surface area (Å²) in [6.07, 6.45) is 10.1. The first kappa shape index (κ1) is 26.0. The zero-order chi connectivity index (χ0) is 24.4. The molecule has 1 atom stereocenters. The predicted molar refractivity (Wildman–Crippen MR) is 139 cm³/mol. The number of rotatable bonds is 14. The third kappa shape index (κ3) is 6.95. The Kier molecular flexibility index (Phi) is 9.75. The van der Waals surface area contributed by atoms with Gasteiger partial charge in [-0.15, -0.1) is 0 Å². The average Bonchev–Trinajstić information content (AvgIpc) is 2.82. The number of fused-ring (bicyclic) bond motifs is 2. The summed E-state index contributed by atoms with van der Waals surface area (Å²) in [4.78, 5) is 0. The molecule has 3 aromatic rings. The van der Waals surface area contributed by atoms with Crippen molar-refractivity contribution in [3.8, 4) is 11.5 Å². The Hall–Kier alpha value is -2.60. The largest absolute Gasteiger partial charge is 0.467 e. The van der Waals surface area contributed by atoms with E-state index < -0.39 is 5.60 Å². The van der Waals surface area contributed by atoms with Gasteiger partial charge >= 0.3 is 0 Å². The number of hydrogen-bond acceptors (Lipinski definition) is 5. The van der Waals surface area contributed by atoms with Crippen molar-refractivity contribution in [2.24, 2.45) is 0 Å². The van der Waals surface area contributed by atoms with Gasteiger partial charge in [-0.1, -0.05) is 56.2 Å². The van der Waals surface area contributed by atoms with Crippen LogP contribution in [-0.4, -0.2) is 38.5 Å². The lowest BCUT2D eigenvalue weighted by molar-refractivity contribution is 0.0458. The van der Waals surface area contributed by atoms with Crippen LogP contribution in [-0.2, 0) is 15.9 Å². The van der Waals surface area contributed by atoms with Crippen LogP contribution in [0.15, 0.2) is 54.6 Å². The zero-order valence-electron chi connectivity index (χ0n) is 20.9. The second kappa shape index (κ2) is 12.7. The molecule has 5 heteroatoms. The summed E-state index contributed by atoms with van der Waals surface area (Å²) in [5, 5.41) is 15.2. The molecule has 184 valence electrons.